The number of hydrogen-bond acceptors (Lipinski definition) is 2. The molecule has 0 aliphatic heterocycles. The van der Waals surface area contributed by atoms with E-state index in [0.29, 0.717) is 18.4 Å². The topological polar surface area (TPSA) is 66.4 Å². The SMILES string of the molecule is O=C(O)C1(C(=O)NCc2ccc(F)c(Cl)c2)CC1. The van der Waals surface area contributed by atoms with Crippen molar-refractivity contribution < 1.29 is 19.1 Å². The Bertz CT molecular complexity index is 514. The first kappa shape index (κ1) is 12.8. The summed E-state index contributed by atoms with van der Waals surface area (Å²) in [5.74, 6) is -2.14. The molecule has 0 atom stereocenters. The number of benzene rings is 1. The number of amides is 1. The second-order valence-electron chi connectivity index (χ2n) is 4.32. The van der Waals surface area contributed by atoms with Crippen LogP contribution in [-0.4, -0.2) is 17.0 Å². The molecule has 1 aliphatic rings. The van der Waals surface area contributed by atoms with Crippen molar-refractivity contribution >= 4 is 23.5 Å². The molecule has 1 amide bonds. The van der Waals surface area contributed by atoms with Gasteiger partial charge in [0.1, 0.15) is 11.2 Å². The van der Waals surface area contributed by atoms with Gasteiger partial charge in [0.2, 0.25) is 5.91 Å². The van der Waals surface area contributed by atoms with Crippen molar-refractivity contribution in [2.24, 2.45) is 5.41 Å². The van der Waals surface area contributed by atoms with Crippen LogP contribution in [0, 0.1) is 11.2 Å². The van der Waals surface area contributed by atoms with E-state index in [2.05, 4.69) is 5.32 Å². The first-order valence-electron chi connectivity index (χ1n) is 5.41. The summed E-state index contributed by atoms with van der Waals surface area (Å²) < 4.78 is 12.9. The first-order chi connectivity index (χ1) is 8.45. The van der Waals surface area contributed by atoms with Crippen LogP contribution >= 0.6 is 11.6 Å². The van der Waals surface area contributed by atoms with Gasteiger partial charge in [-0.2, -0.15) is 0 Å². The lowest BCUT2D eigenvalue weighted by atomic mass is 10.1. The molecule has 0 spiro atoms. The number of halogens is 2. The zero-order valence-corrected chi connectivity index (χ0v) is 10.1. The van der Waals surface area contributed by atoms with Crippen LogP contribution in [0.3, 0.4) is 0 Å². The molecule has 0 heterocycles. The van der Waals surface area contributed by atoms with Crippen molar-refractivity contribution in [1.29, 1.82) is 0 Å². The Labute approximate surface area is 108 Å². The molecular weight excluding hydrogens is 261 g/mol. The summed E-state index contributed by atoms with van der Waals surface area (Å²) in [6, 6.07) is 4.09. The molecule has 1 fully saturated rings. The maximum Gasteiger partial charge on any atom is 0.319 e. The lowest BCUT2D eigenvalue weighted by Crippen LogP contribution is -2.36. The molecule has 0 saturated heterocycles. The molecule has 1 aliphatic carbocycles. The number of carbonyl (C=O) groups is 2. The third kappa shape index (κ3) is 2.31. The van der Waals surface area contributed by atoms with E-state index >= 15 is 0 Å². The smallest absolute Gasteiger partial charge is 0.319 e. The van der Waals surface area contributed by atoms with Gasteiger partial charge in [-0.15, -0.1) is 0 Å². The highest BCUT2D eigenvalue weighted by Gasteiger charge is 2.56. The molecule has 1 aromatic carbocycles. The van der Waals surface area contributed by atoms with Crippen molar-refractivity contribution in [3.63, 3.8) is 0 Å². The van der Waals surface area contributed by atoms with E-state index in [9.17, 15) is 14.0 Å². The number of carboxylic acids is 1. The average Bonchev–Trinajstić information content (AvgIpc) is 3.11. The molecule has 0 aromatic heterocycles. The zero-order chi connectivity index (χ0) is 13.3. The quantitative estimate of drug-likeness (QED) is 0.823. The predicted molar refractivity (Wildman–Crippen MR) is 62.6 cm³/mol. The van der Waals surface area contributed by atoms with Crippen molar-refractivity contribution in [3.8, 4) is 0 Å². The normalized spacial score (nSPS) is 16.1. The van der Waals surface area contributed by atoms with E-state index in [4.69, 9.17) is 16.7 Å². The molecule has 6 heteroatoms. The van der Waals surface area contributed by atoms with E-state index in [1.165, 1.54) is 18.2 Å². The van der Waals surface area contributed by atoms with Crippen molar-refractivity contribution in [1.82, 2.24) is 5.32 Å². The number of hydrogen-bond donors (Lipinski definition) is 2. The van der Waals surface area contributed by atoms with Crippen LogP contribution in [0.1, 0.15) is 18.4 Å². The van der Waals surface area contributed by atoms with E-state index in [-0.39, 0.29) is 11.6 Å². The maximum atomic E-state index is 12.9. The summed E-state index contributed by atoms with van der Waals surface area (Å²) in [6.45, 7) is 0.133. The standard InChI is InChI=1S/C12H11ClFNO3/c13-8-5-7(1-2-9(8)14)6-15-10(16)12(3-4-12)11(17)18/h1-2,5H,3-4,6H2,(H,15,16)(H,17,18). The lowest BCUT2D eigenvalue weighted by Gasteiger charge is -2.11. The predicted octanol–water partition coefficient (Wildman–Crippen LogP) is 1.96. The van der Waals surface area contributed by atoms with Crippen LogP contribution < -0.4 is 5.32 Å². The van der Waals surface area contributed by atoms with Gasteiger partial charge in [-0.1, -0.05) is 17.7 Å². The third-order valence-corrected chi connectivity index (χ3v) is 3.32. The summed E-state index contributed by atoms with van der Waals surface area (Å²) in [6.07, 6.45) is 0.719. The number of aliphatic carboxylic acids is 1. The Kier molecular flexibility index (Phi) is 3.26. The van der Waals surface area contributed by atoms with Gasteiger partial charge in [-0.05, 0) is 30.5 Å². The molecule has 2 rings (SSSR count). The molecule has 18 heavy (non-hydrogen) atoms. The minimum absolute atomic E-state index is 0.0267. The highest BCUT2D eigenvalue weighted by Crippen LogP contribution is 2.46. The fourth-order valence-electron chi connectivity index (χ4n) is 1.66. The Morgan fingerprint density at radius 2 is 2.11 bits per heavy atom. The molecule has 96 valence electrons. The molecule has 4 nitrogen and oxygen atoms in total. The summed E-state index contributed by atoms with van der Waals surface area (Å²) in [4.78, 5) is 22.6. The number of carbonyl (C=O) groups excluding carboxylic acids is 1. The first-order valence-corrected chi connectivity index (χ1v) is 5.79. The van der Waals surface area contributed by atoms with Gasteiger partial charge in [-0.3, -0.25) is 9.59 Å². The van der Waals surface area contributed by atoms with Gasteiger partial charge in [0.15, 0.2) is 0 Å². The molecular formula is C12H11ClFNO3. The monoisotopic (exact) mass is 271 g/mol. The van der Waals surface area contributed by atoms with Crippen LogP contribution in [0.15, 0.2) is 18.2 Å². The van der Waals surface area contributed by atoms with Crippen LogP contribution in [-0.2, 0) is 16.1 Å². The molecule has 1 saturated carbocycles. The second-order valence-corrected chi connectivity index (χ2v) is 4.73. The third-order valence-electron chi connectivity index (χ3n) is 3.03. The fraction of sp³-hybridized carbons (Fsp3) is 0.333. The van der Waals surface area contributed by atoms with Gasteiger partial charge >= 0.3 is 5.97 Å². The lowest BCUT2D eigenvalue weighted by molar-refractivity contribution is -0.149. The number of carboxylic acid groups (broad SMARTS) is 1. The van der Waals surface area contributed by atoms with Crippen molar-refractivity contribution in [3.05, 3.63) is 34.6 Å². The van der Waals surface area contributed by atoms with Gasteiger partial charge in [-0.25, -0.2) is 4.39 Å². The Morgan fingerprint density at radius 1 is 1.44 bits per heavy atom. The van der Waals surface area contributed by atoms with E-state index < -0.39 is 23.1 Å². The van der Waals surface area contributed by atoms with Crippen LogP contribution in [0.2, 0.25) is 5.02 Å². The molecule has 2 N–H and O–H groups in total. The fourth-order valence-corrected chi connectivity index (χ4v) is 1.87. The summed E-state index contributed by atoms with van der Waals surface area (Å²) in [7, 11) is 0. The highest BCUT2D eigenvalue weighted by atomic mass is 35.5. The largest absolute Gasteiger partial charge is 0.480 e. The second kappa shape index (κ2) is 4.57. The molecule has 1 aromatic rings. The minimum Gasteiger partial charge on any atom is -0.480 e. The van der Waals surface area contributed by atoms with Gasteiger partial charge in [0, 0.05) is 6.54 Å². The molecule has 0 radical (unpaired) electrons. The molecule has 0 unspecified atom stereocenters. The molecule has 0 bridgehead atoms. The van der Waals surface area contributed by atoms with E-state index in [1.807, 2.05) is 0 Å². The van der Waals surface area contributed by atoms with Crippen molar-refractivity contribution in [2.75, 3.05) is 0 Å². The Morgan fingerprint density at radius 3 is 2.61 bits per heavy atom. The zero-order valence-electron chi connectivity index (χ0n) is 9.37. The minimum atomic E-state index is -1.26. The van der Waals surface area contributed by atoms with Gasteiger partial charge in [0.25, 0.3) is 0 Å². The Balaban J connectivity index is 1.98. The number of nitrogens with one attached hydrogen (secondary N) is 1. The van der Waals surface area contributed by atoms with Crippen LogP contribution in [0.25, 0.3) is 0 Å². The maximum absolute atomic E-state index is 12.9. The van der Waals surface area contributed by atoms with Crippen LogP contribution in [0.5, 0.6) is 0 Å². The van der Waals surface area contributed by atoms with Crippen molar-refractivity contribution in [2.45, 2.75) is 19.4 Å². The van der Waals surface area contributed by atoms with Crippen LogP contribution in [0.4, 0.5) is 4.39 Å². The summed E-state index contributed by atoms with van der Waals surface area (Å²) in [5.41, 5.74) is -0.639. The summed E-state index contributed by atoms with van der Waals surface area (Å²) >= 11 is 5.60. The average molecular weight is 272 g/mol. The van der Waals surface area contributed by atoms with Gasteiger partial charge in [0.05, 0.1) is 5.02 Å². The van der Waals surface area contributed by atoms with E-state index in [0.717, 1.165) is 0 Å². The highest BCUT2D eigenvalue weighted by molar-refractivity contribution is 6.30. The summed E-state index contributed by atoms with van der Waals surface area (Å²) in [5, 5.41) is 11.4. The number of rotatable bonds is 4. The Hall–Kier alpha value is -1.62. The van der Waals surface area contributed by atoms with E-state index in [1.54, 1.807) is 0 Å². The van der Waals surface area contributed by atoms with Gasteiger partial charge < -0.3 is 10.4 Å².